The number of aryl methyl sites for hydroxylation is 1. The van der Waals surface area contributed by atoms with E-state index >= 15 is 0 Å². The van der Waals surface area contributed by atoms with Gasteiger partial charge < -0.3 is 10.4 Å². The molecule has 2 N–H and O–H groups in total. The number of carboxylic acid groups (broad SMARTS) is 1. The summed E-state index contributed by atoms with van der Waals surface area (Å²) in [6.45, 7) is 1.15. The average Bonchev–Trinajstić information content (AvgIpc) is 2.96. The number of benzene rings is 1. The van der Waals surface area contributed by atoms with Gasteiger partial charge in [0.15, 0.2) is 0 Å². The largest absolute Gasteiger partial charge is 0.477 e. The molecule has 0 saturated carbocycles. The lowest BCUT2D eigenvalue weighted by atomic mass is 10.1. The van der Waals surface area contributed by atoms with Gasteiger partial charge >= 0.3 is 11.7 Å². The fourth-order valence-electron chi connectivity index (χ4n) is 1.95. The first-order valence-corrected chi connectivity index (χ1v) is 6.31. The number of nitrogens with one attached hydrogen (secondary N) is 1. The molecule has 0 unspecified atom stereocenters. The van der Waals surface area contributed by atoms with Crippen molar-refractivity contribution in [3.8, 4) is 0 Å². The van der Waals surface area contributed by atoms with Crippen LogP contribution in [0.1, 0.15) is 16.8 Å². The van der Waals surface area contributed by atoms with E-state index in [1.165, 1.54) is 18.2 Å². The molecular weight excluding hydrogens is 276 g/mol. The van der Waals surface area contributed by atoms with Crippen molar-refractivity contribution in [2.75, 3.05) is 11.9 Å². The second-order valence-corrected chi connectivity index (χ2v) is 4.31. The minimum absolute atomic E-state index is 0.209. The number of aromatic carboxylic acids is 1. The molecule has 0 saturated heterocycles. The third-order valence-corrected chi connectivity index (χ3v) is 2.89. The number of carboxylic acids is 1. The van der Waals surface area contributed by atoms with Gasteiger partial charge in [-0.2, -0.15) is 5.10 Å². The van der Waals surface area contributed by atoms with Crippen LogP contribution in [0.25, 0.3) is 0 Å². The molecule has 1 aromatic carbocycles. The number of aromatic nitrogens is 2. The quantitative estimate of drug-likeness (QED) is 0.458. The van der Waals surface area contributed by atoms with E-state index in [1.54, 1.807) is 10.9 Å². The van der Waals surface area contributed by atoms with Crippen molar-refractivity contribution >= 4 is 17.3 Å². The zero-order chi connectivity index (χ0) is 15.2. The van der Waals surface area contributed by atoms with Crippen LogP contribution in [0.2, 0.25) is 0 Å². The lowest BCUT2D eigenvalue weighted by Crippen LogP contribution is -2.10. The molecule has 0 fully saturated rings. The van der Waals surface area contributed by atoms with Gasteiger partial charge in [0.05, 0.1) is 4.92 Å². The Labute approximate surface area is 120 Å². The van der Waals surface area contributed by atoms with E-state index < -0.39 is 16.6 Å². The zero-order valence-corrected chi connectivity index (χ0v) is 11.1. The molecule has 21 heavy (non-hydrogen) atoms. The summed E-state index contributed by atoms with van der Waals surface area (Å²) in [5.41, 5.74) is -0.526. The monoisotopic (exact) mass is 290 g/mol. The molecule has 0 aliphatic carbocycles. The van der Waals surface area contributed by atoms with Crippen molar-refractivity contribution in [3.63, 3.8) is 0 Å². The van der Waals surface area contributed by atoms with Gasteiger partial charge in [0.1, 0.15) is 11.3 Å². The number of para-hydroxylation sites is 1. The van der Waals surface area contributed by atoms with Crippen molar-refractivity contribution in [1.82, 2.24) is 9.78 Å². The molecule has 2 aromatic rings. The maximum atomic E-state index is 11.1. The smallest absolute Gasteiger partial charge is 0.342 e. The van der Waals surface area contributed by atoms with E-state index in [0.717, 1.165) is 0 Å². The Morgan fingerprint density at radius 3 is 2.86 bits per heavy atom. The van der Waals surface area contributed by atoms with E-state index in [1.807, 2.05) is 12.3 Å². The number of carbonyl (C=O) groups is 1. The van der Waals surface area contributed by atoms with E-state index in [4.69, 9.17) is 5.11 Å². The Morgan fingerprint density at radius 1 is 1.43 bits per heavy atom. The fourth-order valence-corrected chi connectivity index (χ4v) is 1.95. The van der Waals surface area contributed by atoms with Gasteiger partial charge in [-0.15, -0.1) is 0 Å². The lowest BCUT2D eigenvalue weighted by molar-refractivity contribution is -0.384. The normalized spacial score (nSPS) is 10.3. The molecule has 8 nitrogen and oxygen atoms in total. The first-order chi connectivity index (χ1) is 10.1. The predicted octanol–water partition coefficient (Wildman–Crippen LogP) is 1.99. The Balaban J connectivity index is 2.04. The molecular formula is C13H14N4O4. The Kier molecular flexibility index (Phi) is 4.50. The zero-order valence-electron chi connectivity index (χ0n) is 11.1. The summed E-state index contributed by atoms with van der Waals surface area (Å²) < 4.78 is 1.75. The minimum Gasteiger partial charge on any atom is -0.477 e. The second kappa shape index (κ2) is 6.51. The summed E-state index contributed by atoms with van der Waals surface area (Å²) in [7, 11) is 0. The lowest BCUT2D eigenvalue weighted by Gasteiger charge is -2.08. The van der Waals surface area contributed by atoms with E-state index in [2.05, 4.69) is 10.4 Å². The van der Waals surface area contributed by atoms with Crippen LogP contribution in [0, 0.1) is 10.1 Å². The minimum atomic E-state index is -1.32. The molecule has 0 amide bonds. The molecule has 1 aromatic heterocycles. The Hall–Kier alpha value is -2.90. The highest BCUT2D eigenvalue weighted by atomic mass is 16.6. The van der Waals surface area contributed by atoms with Gasteiger partial charge in [0.2, 0.25) is 0 Å². The standard InChI is InChI=1S/C13H14N4O4/c18-13(19)10-4-1-5-11(12(10)17(20)21)14-6-2-8-16-9-3-7-15-16/h1,3-5,7,9,14H,2,6,8H2,(H,18,19). The molecule has 0 aliphatic rings. The summed E-state index contributed by atoms with van der Waals surface area (Å²) in [5, 5.41) is 27.0. The van der Waals surface area contributed by atoms with Crippen LogP contribution < -0.4 is 5.32 Å². The predicted molar refractivity (Wildman–Crippen MR) is 75.4 cm³/mol. The highest BCUT2D eigenvalue weighted by Crippen LogP contribution is 2.28. The average molecular weight is 290 g/mol. The van der Waals surface area contributed by atoms with Crippen LogP contribution in [-0.4, -0.2) is 32.3 Å². The third-order valence-electron chi connectivity index (χ3n) is 2.89. The van der Waals surface area contributed by atoms with E-state index in [-0.39, 0.29) is 11.3 Å². The van der Waals surface area contributed by atoms with Gasteiger partial charge in [-0.1, -0.05) is 6.07 Å². The van der Waals surface area contributed by atoms with Gasteiger partial charge in [-0.25, -0.2) is 4.79 Å². The van der Waals surface area contributed by atoms with Gasteiger partial charge in [0, 0.05) is 25.5 Å². The number of nitro benzene ring substituents is 1. The molecule has 0 spiro atoms. The summed E-state index contributed by atoms with van der Waals surface area (Å²) in [6, 6.07) is 6.01. The summed E-state index contributed by atoms with van der Waals surface area (Å²) in [5.74, 6) is -1.32. The molecule has 0 atom stereocenters. The molecule has 0 aliphatic heterocycles. The van der Waals surface area contributed by atoms with Crippen LogP contribution >= 0.6 is 0 Å². The second-order valence-electron chi connectivity index (χ2n) is 4.31. The van der Waals surface area contributed by atoms with Crippen molar-refractivity contribution in [2.24, 2.45) is 0 Å². The molecule has 0 bridgehead atoms. The summed E-state index contributed by atoms with van der Waals surface area (Å²) in [6.07, 6.45) is 4.21. The maximum Gasteiger partial charge on any atom is 0.342 e. The fraction of sp³-hybridized carbons (Fsp3) is 0.231. The highest BCUT2D eigenvalue weighted by molar-refractivity contribution is 5.95. The SMILES string of the molecule is O=C(O)c1cccc(NCCCn2cccn2)c1[N+](=O)[O-]. The van der Waals surface area contributed by atoms with Gasteiger partial charge in [0.25, 0.3) is 0 Å². The van der Waals surface area contributed by atoms with Crippen molar-refractivity contribution in [2.45, 2.75) is 13.0 Å². The Morgan fingerprint density at radius 2 is 2.24 bits per heavy atom. The van der Waals surface area contributed by atoms with Crippen molar-refractivity contribution in [3.05, 3.63) is 52.3 Å². The van der Waals surface area contributed by atoms with E-state index in [0.29, 0.717) is 19.5 Å². The molecule has 0 radical (unpaired) electrons. The number of anilines is 1. The first-order valence-electron chi connectivity index (χ1n) is 6.31. The van der Waals surface area contributed by atoms with Crippen molar-refractivity contribution in [1.29, 1.82) is 0 Å². The Bertz CT molecular complexity index is 640. The third kappa shape index (κ3) is 3.56. The van der Waals surface area contributed by atoms with Crippen LogP contribution in [0.4, 0.5) is 11.4 Å². The number of hydrogen-bond acceptors (Lipinski definition) is 5. The topological polar surface area (TPSA) is 110 Å². The first kappa shape index (κ1) is 14.5. The van der Waals surface area contributed by atoms with Crippen LogP contribution in [0.5, 0.6) is 0 Å². The van der Waals surface area contributed by atoms with Crippen LogP contribution in [0.15, 0.2) is 36.7 Å². The summed E-state index contributed by atoms with van der Waals surface area (Å²) in [4.78, 5) is 21.4. The summed E-state index contributed by atoms with van der Waals surface area (Å²) >= 11 is 0. The number of rotatable bonds is 7. The molecule has 110 valence electrons. The number of nitro groups is 1. The molecule has 2 rings (SSSR count). The number of hydrogen-bond donors (Lipinski definition) is 2. The van der Waals surface area contributed by atoms with Crippen molar-refractivity contribution < 1.29 is 14.8 Å². The van der Waals surface area contributed by atoms with Gasteiger partial charge in [-0.3, -0.25) is 14.8 Å². The highest BCUT2D eigenvalue weighted by Gasteiger charge is 2.23. The molecule has 8 heteroatoms. The van der Waals surface area contributed by atoms with Gasteiger partial charge in [-0.05, 0) is 24.6 Å². The molecule has 1 heterocycles. The van der Waals surface area contributed by atoms with Crippen LogP contribution in [-0.2, 0) is 6.54 Å². The number of nitrogens with zero attached hydrogens (tertiary/aromatic N) is 3. The van der Waals surface area contributed by atoms with E-state index in [9.17, 15) is 14.9 Å². The van der Waals surface area contributed by atoms with Crippen LogP contribution in [0.3, 0.4) is 0 Å². The maximum absolute atomic E-state index is 11.1.